The number of pyridine rings is 1. The Kier molecular flexibility index (Phi) is 4.96. The van der Waals surface area contributed by atoms with Gasteiger partial charge in [-0.25, -0.2) is 4.98 Å². The number of hydrogen-bond donors (Lipinski definition) is 1. The lowest BCUT2D eigenvalue weighted by Crippen LogP contribution is -2.40. The van der Waals surface area contributed by atoms with Crippen LogP contribution in [0.3, 0.4) is 0 Å². The highest BCUT2D eigenvalue weighted by Gasteiger charge is 2.19. The number of nitrogens with one attached hydrogen (secondary N) is 1. The molecule has 1 aromatic rings. The Morgan fingerprint density at radius 3 is 3.17 bits per heavy atom. The summed E-state index contributed by atoms with van der Waals surface area (Å²) in [4.78, 5) is 6.72. The van der Waals surface area contributed by atoms with E-state index in [1.165, 1.54) is 25.8 Å². The first-order valence-corrected chi connectivity index (χ1v) is 6.73. The minimum atomic E-state index is 0.531. The molecule has 0 bridgehead atoms. The van der Waals surface area contributed by atoms with E-state index in [-0.39, 0.29) is 0 Å². The highest BCUT2D eigenvalue weighted by Crippen LogP contribution is 2.18. The third-order valence-electron chi connectivity index (χ3n) is 3.55. The molecule has 18 heavy (non-hydrogen) atoms. The maximum atomic E-state index is 5.91. The predicted molar refractivity (Wildman–Crippen MR) is 72.8 cm³/mol. The average molecular weight is 249 g/mol. The van der Waals surface area contributed by atoms with Crippen molar-refractivity contribution in [3.05, 3.63) is 23.9 Å². The third-order valence-corrected chi connectivity index (χ3v) is 3.55. The lowest BCUT2D eigenvalue weighted by Gasteiger charge is -2.32. The summed E-state index contributed by atoms with van der Waals surface area (Å²) >= 11 is 0. The molecule has 0 amide bonds. The van der Waals surface area contributed by atoms with Crippen LogP contribution < -0.4 is 10.1 Å². The molecule has 4 nitrogen and oxygen atoms in total. The van der Waals surface area contributed by atoms with Gasteiger partial charge in [0, 0.05) is 24.3 Å². The third kappa shape index (κ3) is 3.43. The van der Waals surface area contributed by atoms with Crippen molar-refractivity contribution in [2.24, 2.45) is 0 Å². The Morgan fingerprint density at radius 2 is 2.39 bits per heavy atom. The van der Waals surface area contributed by atoms with Crippen LogP contribution in [0.25, 0.3) is 0 Å². The van der Waals surface area contributed by atoms with Crippen molar-refractivity contribution in [2.45, 2.75) is 31.8 Å². The number of piperidine rings is 1. The molecule has 0 radical (unpaired) electrons. The van der Waals surface area contributed by atoms with Gasteiger partial charge in [-0.05, 0) is 39.5 Å². The molecule has 0 spiro atoms. The lowest BCUT2D eigenvalue weighted by molar-refractivity contribution is 0.122. The molecule has 1 unspecified atom stereocenters. The van der Waals surface area contributed by atoms with Crippen molar-refractivity contribution >= 4 is 0 Å². The second-order valence-corrected chi connectivity index (χ2v) is 4.94. The first-order valence-electron chi connectivity index (χ1n) is 6.73. The van der Waals surface area contributed by atoms with Crippen LogP contribution >= 0.6 is 0 Å². The molecule has 1 fully saturated rings. The van der Waals surface area contributed by atoms with Crippen LogP contribution in [0.2, 0.25) is 0 Å². The molecule has 0 saturated carbocycles. The van der Waals surface area contributed by atoms with Gasteiger partial charge in [0.05, 0.1) is 0 Å². The second-order valence-electron chi connectivity index (χ2n) is 4.94. The van der Waals surface area contributed by atoms with Gasteiger partial charge in [-0.3, -0.25) is 0 Å². The zero-order valence-corrected chi connectivity index (χ0v) is 11.4. The first kappa shape index (κ1) is 13.3. The van der Waals surface area contributed by atoms with Gasteiger partial charge in [-0.2, -0.15) is 0 Å². The van der Waals surface area contributed by atoms with Gasteiger partial charge in [0.2, 0.25) is 5.88 Å². The van der Waals surface area contributed by atoms with E-state index >= 15 is 0 Å². The molecule has 2 heterocycles. The fourth-order valence-corrected chi connectivity index (χ4v) is 2.41. The smallest absolute Gasteiger partial charge is 0.217 e. The van der Waals surface area contributed by atoms with Gasteiger partial charge >= 0.3 is 0 Å². The van der Waals surface area contributed by atoms with Gasteiger partial charge in [-0.15, -0.1) is 0 Å². The number of aromatic nitrogens is 1. The molecule has 1 saturated heterocycles. The van der Waals surface area contributed by atoms with Gasteiger partial charge < -0.3 is 15.0 Å². The summed E-state index contributed by atoms with van der Waals surface area (Å²) < 4.78 is 5.91. The molecule has 1 aromatic heterocycles. The van der Waals surface area contributed by atoms with Crippen LogP contribution in [0.5, 0.6) is 5.88 Å². The van der Waals surface area contributed by atoms with Crippen LogP contribution in [0.4, 0.5) is 0 Å². The van der Waals surface area contributed by atoms with Gasteiger partial charge in [-0.1, -0.05) is 12.5 Å². The van der Waals surface area contributed by atoms with E-state index in [4.69, 9.17) is 4.74 Å². The van der Waals surface area contributed by atoms with Crippen molar-refractivity contribution in [3.63, 3.8) is 0 Å². The monoisotopic (exact) mass is 249 g/mol. The Labute approximate surface area is 109 Å². The molecular formula is C14H23N3O. The molecule has 1 atom stereocenters. The highest BCUT2D eigenvalue weighted by atomic mass is 16.5. The molecule has 0 aliphatic carbocycles. The van der Waals surface area contributed by atoms with E-state index in [9.17, 15) is 0 Å². The maximum Gasteiger partial charge on any atom is 0.217 e. The molecule has 2 rings (SSSR count). The Morgan fingerprint density at radius 1 is 1.50 bits per heavy atom. The number of hydrogen-bond acceptors (Lipinski definition) is 4. The minimum Gasteiger partial charge on any atom is -0.476 e. The summed E-state index contributed by atoms with van der Waals surface area (Å²) in [6.07, 6.45) is 5.63. The Balaban J connectivity index is 1.92. The molecular weight excluding hydrogens is 226 g/mol. The van der Waals surface area contributed by atoms with Gasteiger partial charge in [0.25, 0.3) is 0 Å². The fraction of sp³-hybridized carbons (Fsp3) is 0.643. The van der Waals surface area contributed by atoms with Crippen molar-refractivity contribution in [2.75, 3.05) is 27.2 Å². The lowest BCUT2D eigenvalue weighted by atomic mass is 10.0. The summed E-state index contributed by atoms with van der Waals surface area (Å²) in [6, 6.07) is 4.54. The molecule has 100 valence electrons. The standard InChI is InChI=1S/C14H23N3O/c1-15-10-12-6-5-8-16-14(12)18-11-13-7-3-4-9-17(13)2/h5-6,8,13,15H,3-4,7,9-11H2,1-2H3. The van der Waals surface area contributed by atoms with E-state index in [0.29, 0.717) is 6.04 Å². The topological polar surface area (TPSA) is 37.4 Å². The second kappa shape index (κ2) is 6.71. The van der Waals surface area contributed by atoms with E-state index in [0.717, 1.165) is 24.6 Å². The van der Waals surface area contributed by atoms with Crippen molar-refractivity contribution < 1.29 is 4.74 Å². The molecule has 1 aliphatic heterocycles. The number of likely N-dealkylation sites (N-methyl/N-ethyl adjacent to an activating group) is 1. The Hall–Kier alpha value is -1.13. The summed E-state index contributed by atoms with van der Waals surface area (Å²) in [5, 5.41) is 3.14. The zero-order chi connectivity index (χ0) is 12.8. The summed E-state index contributed by atoms with van der Waals surface area (Å²) in [5.74, 6) is 0.769. The predicted octanol–water partition coefficient (Wildman–Crippen LogP) is 1.66. The van der Waals surface area contributed by atoms with E-state index in [1.54, 1.807) is 6.20 Å². The summed E-state index contributed by atoms with van der Waals surface area (Å²) in [7, 11) is 4.12. The van der Waals surface area contributed by atoms with Crippen LogP contribution in [0, 0.1) is 0 Å². The summed E-state index contributed by atoms with van der Waals surface area (Å²) in [5.41, 5.74) is 1.12. The highest BCUT2D eigenvalue weighted by molar-refractivity contribution is 5.25. The van der Waals surface area contributed by atoms with Crippen molar-refractivity contribution in [1.29, 1.82) is 0 Å². The van der Waals surface area contributed by atoms with Crippen LogP contribution in [-0.2, 0) is 6.54 Å². The average Bonchev–Trinajstić information content (AvgIpc) is 2.40. The molecule has 0 aromatic carbocycles. The van der Waals surface area contributed by atoms with E-state index in [2.05, 4.69) is 28.3 Å². The SMILES string of the molecule is CNCc1cccnc1OCC1CCCCN1C. The normalized spacial score (nSPS) is 20.9. The fourth-order valence-electron chi connectivity index (χ4n) is 2.41. The Bertz CT molecular complexity index is 370. The van der Waals surface area contributed by atoms with E-state index < -0.39 is 0 Å². The van der Waals surface area contributed by atoms with Gasteiger partial charge in [0.1, 0.15) is 6.61 Å². The van der Waals surface area contributed by atoms with Gasteiger partial charge in [0.15, 0.2) is 0 Å². The van der Waals surface area contributed by atoms with Crippen LogP contribution in [-0.4, -0.2) is 43.2 Å². The number of likely N-dealkylation sites (tertiary alicyclic amines) is 1. The van der Waals surface area contributed by atoms with Crippen molar-refractivity contribution in [1.82, 2.24) is 15.2 Å². The number of rotatable bonds is 5. The number of nitrogens with zero attached hydrogens (tertiary/aromatic N) is 2. The molecule has 4 heteroatoms. The van der Waals surface area contributed by atoms with E-state index in [1.807, 2.05) is 13.1 Å². The number of ether oxygens (including phenoxy) is 1. The molecule has 1 N–H and O–H groups in total. The maximum absolute atomic E-state index is 5.91. The first-order chi connectivity index (χ1) is 8.81. The zero-order valence-electron chi connectivity index (χ0n) is 11.4. The van der Waals surface area contributed by atoms with Crippen molar-refractivity contribution in [3.8, 4) is 5.88 Å². The van der Waals surface area contributed by atoms with Crippen LogP contribution in [0.1, 0.15) is 24.8 Å². The minimum absolute atomic E-state index is 0.531. The van der Waals surface area contributed by atoms with Crippen LogP contribution in [0.15, 0.2) is 18.3 Å². The quantitative estimate of drug-likeness (QED) is 0.861. The summed E-state index contributed by atoms with van der Waals surface area (Å²) in [6.45, 7) is 2.72. The molecule has 1 aliphatic rings. The largest absolute Gasteiger partial charge is 0.476 e.